The first-order chi connectivity index (χ1) is 9.65. The SMILES string of the molecule is COCCCOCCOC(c1cccc(C)c1)C(C)N. The van der Waals surface area contributed by atoms with Crippen LogP contribution in [0.4, 0.5) is 0 Å². The molecule has 1 rings (SSSR count). The summed E-state index contributed by atoms with van der Waals surface area (Å²) < 4.78 is 16.3. The first-order valence-electron chi connectivity index (χ1n) is 7.15. The van der Waals surface area contributed by atoms with Crippen LogP contribution < -0.4 is 5.73 Å². The fourth-order valence-electron chi connectivity index (χ4n) is 2.04. The summed E-state index contributed by atoms with van der Waals surface area (Å²) in [5.41, 5.74) is 8.36. The first kappa shape index (κ1) is 17.1. The molecule has 1 aromatic rings. The Hall–Kier alpha value is -0.940. The number of rotatable bonds is 10. The minimum atomic E-state index is -0.0857. The van der Waals surface area contributed by atoms with Gasteiger partial charge in [-0.3, -0.25) is 0 Å². The number of ether oxygens (including phenoxy) is 3. The van der Waals surface area contributed by atoms with Crippen LogP contribution in [0.3, 0.4) is 0 Å². The standard InChI is InChI=1S/C16H27NO3/c1-13-6-4-7-15(12-13)16(14(2)17)20-11-10-19-9-5-8-18-3/h4,6-7,12,14,16H,5,8-11,17H2,1-3H3. The van der Waals surface area contributed by atoms with E-state index in [1.165, 1.54) is 5.56 Å². The Morgan fingerprint density at radius 3 is 2.60 bits per heavy atom. The summed E-state index contributed by atoms with van der Waals surface area (Å²) in [6, 6.07) is 8.23. The van der Waals surface area contributed by atoms with Crippen molar-refractivity contribution in [3.8, 4) is 0 Å². The van der Waals surface area contributed by atoms with E-state index in [9.17, 15) is 0 Å². The van der Waals surface area contributed by atoms with Crippen molar-refractivity contribution in [2.45, 2.75) is 32.4 Å². The van der Waals surface area contributed by atoms with Gasteiger partial charge in [0.05, 0.1) is 19.3 Å². The van der Waals surface area contributed by atoms with Gasteiger partial charge in [0, 0.05) is 26.4 Å². The molecule has 0 aliphatic rings. The van der Waals surface area contributed by atoms with Crippen molar-refractivity contribution in [2.24, 2.45) is 5.73 Å². The van der Waals surface area contributed by atoms with E-state index in [0.29, 0.717) is 19.8 Å². The van der Waals surface area contributed by atoms with E-state index in [4.69, 9.17) is 19.9 Å². The highest BCUT2D eigenvalue weighted by Crippen LogP contribution is 2.21. The molecule has 0 radical (unpaired) electrons. The van der Waals surface area contributed by atoms with E-state index in [2.05, 4.69) is 25.1 Å². The Labute approximate surface area is 122 Å². The molecule has 2 atom stereocenters. The van der Waals surface area contributed by atoms with E-state index in [1.54, 1.807) is 7.11 Å². The second-order valence-corrected chi connectivity index (χ2v) is 5.02. The zero-order valence-corrected chi connectivity index (χ0v) is 12.8. The van der Waals surface area contributed by atoms with Gasteiger partial charge in [0.15, 0.2) is 0 Å². The predicted molar refractivity (Wildman–Crippen MR) is 80.8 cm³/mol. The molecule has 114 valence electrons. The summed E-state index contributed by atoms with van der Waals surface area (Å²) in [7, 11) is 1.69. The third kappa shape index (κ3) is 6.48. The van der Waals surface area contributed by atoms with Crippen LogP contribution in [0.2, 0.25) is 0 Å². The fourth-order valence-corrected chi connectivity index (χ4v) is 2.04. The molecule has 0 fully saturated rings. The molecule has 0 amide bonds. The van der Waals surface area contributed by atoms with Crippen molar-refractivity contribution >= 4 is 0 Å². The Morgan fingerprint density at radius 2 is 1.95 bits per heavy atom. The maximum Gasteiger partial charge on any atom is 0.0974 e. The summed E-state index contributed by atoms with van der Waals surface area (Å²) in [6.07, 6.45) is 0.822. The monoisotopic (exact) mass is 281 g/mol. The molecule has 0 saturated carbocycles. The molecule has 0 bridgehead atoms. The average Bonchev–Trinajstić information content (AvgIpc) is 2.41. The van der Waals surface area contributed by atoms with Crippen molar-refractivity contribution in [3.63, 3.8) is 0 Å². The molecule has 0 spiro atoms. The highest BCUT2D eigenvalue weighted by atomic mass is 16.5. The minimum Gasteiger partial charge on any atom is -0.385 e. The van der Waals surface area contributed by atoms with Gasteiger partial charge in [-0.15, -0.1) is 0 Å². The van der Waals surface area contributed by atoms with E-state index in [-0.39, 0.29) is 12.1 Å². The van der Waals surface area contributed by atoms with Crippen LogP contribution in [-0.2, 0) is 14.2 Å². The van der Waals surface area contributed by atoms with Gasteiger partial charge in [-0.2, -0.15) is 0 Å². The van der Waals surface area contributed by atoms with E-state index in [1.807, 2.05) is 13.0 Å². The molecule has 1 aromatic carbocycles. The number of benzene rings is 1. The fraction of sp³-hybridized carbons (Fsp3) is 0.625. The molecule has 2 N–H and O–H groups in total. The van der Waals surface area contributed by atoms with Crippen LogP contribution in [0.1, 0.15) is 30.6 Å². The number of hydrogen-bond acceptors (Lipinski definition) is 4. The van der Waals surface area contributed by atoms with E-state index >= 15 is 0 Å². The molecule has 4 heteroatoms. The highest BCUT2D eigenvalue weighted by Gasteiger charge is 2.16. The van der Waals surface area contributed by atoms with E-state index in [0.717, 1.165) is 18.6 Å². The van der Waals surface area contributed by atoms with Gasteiger partial charge in [-0.1, -0.05) is 29.8 Å². The Bertz CT molecular complexity index is 368. The Balaban J connectivity index is 2.33. The summed E-state index contributed by atoms with van der Waals surface area (Å²) in [6.45, 7) is 6.59. The van der Waals surface area contributed by atoms with Crippen molar-refractivity contribution in [1.82, 2.24) is 0 Å². The summed E-state index contributed by atoms with van der Waals surface area (Å²) in [5.74, 6) is 0. The number of aryl methyl sites for hydroxylation is 1. The van der Waals surface area contributed by atoms with Crippen LogP contribution >= 0.6 is 0 Å². The quantitative estimate of drug-likeness (QED) is 0.669. The molecule has 20 heavy (non-hydrogen) atoms. The molecular formula is C16H27NO3. The van der Waals surface area contributed by atoms with Gasteiger partial charge < -0.3 is 19.9 Å². The topological polar surface area (TPSA) is 53.7 Å². The van der Waals surface area contributed by atoms with Gasteiger partial charge in [-0.05, 0) is 25.8 Å². The van der Waals surface area contributed by atoms with Gasteiger partial charge in [-0.25, -0.2) is 0 Å². The van der Waals surface area contributed by atoms with E-state index < -0.39 is 0 Å². The lowest BCUT2D eigenvalue weighted by Gasteiger charge is -2.22. The smallest absolute Gasteiger partial charge is 0.0974 e. The summed E-state index contributed by atoms with van der Waals surface area (Å²) in [4.78, 5) is 0. The molecule has 0 saturated heterocycles. The summed E-state index contributed by atoms with van der Waals surface area (Å²) in [5, 5.41) is 0. The Kier molecular flexibility index (Phi) is 8.46. The normalized spacial score (nSPS) is 14.2. The van der Waals surface area contributed by atoms with Crippen molar-refractivity contribution < 1.29 is 14.2 Å². The zero-order valence-electron chi connectivity index (χ0n) is 12.8. The van der Waals surface area contributed by atoms with Crippen molar-refractivity contribution in [2.75, 3.05) is 33.5 Å². The zero-order chi connectivity index (χ0) is 14.8. The van der Waals surface area contributed by atoms with Crippen LogP contribution in [0.5, 0.6) is 0 Å². The van der Waals surface area contributed by atoms with Crippen LogP contribution in [0.15, 0.2) is 24.3 Å². The number of hydrogen-bond donors (Lipinski definition) is 1. The summed E-state index contributed by atoms with van der Waals surface area (Å²) >= 11 is 0. The molecule has 0 heterocycles. The molecule has 0 aliphatic carbocycles. The Morgan fingerprint density at radius 1 is 1.15 bits per heavy atom. The van der Waals surface area contributed by atoms with Crippen LogP contribution in [-0.4, -0.2) is 39.6 Å². The lowest BCUT2D eigenvalue weighted by atomic mass is 10.0. The van der Waals surface area contributed by atoms with Crippen LogP contribution in [0, 0.1) is 6.92 Å². The second-order valence-electron chi connectivity index (χ2n) is 5.02. The van der Waals surface area contributed by atoms with Gasteiger partial charge in [0.25, 0.3) is 0 Å². The lowest BCUT2D eigenvalue weighted by Crippen LogP contribution is -2.28. The molecule has 2 unspecified atom stereocenters. The largest absolute Gasteiger partial charge is 0.385 e. The van der Waals surface area contributed by atoms with Gasteiger partial charge in [0.2, 0.25) is 0 Å². The number of methoxy groups -OCH3 is 1. The third-order valence-electron chi connectivity index (χ3n) is 3.01. The third-order valence-corrected chi connectivity index (χ3v) is 3.01. The maximum atomic E-state index is 6.02. The second kappa shape index (κ2) is 9.88. The van der Waals surface area contributed by atoms with Crippen molar-refractivity contribution in [3.05, 3.63) is 35.4 Å². The minimum absolute atomic E-state index is 0.0507. The maximum absolute atomic E-state index is 6.02. The molecule has 0 aromatic heterocycles. The predicted octanol–water partition coefficient (Wildman–Crippen LogP) is 2.45. The lowest BCUT2D eigenvalue weighted by molar-refractivity contribution is -0.00765. The molecule has 4 nitrogen and oxygen atoms in total. The number of nitrogens with two attached hydrogens (primary N) is 1. The molecular weight excluding hydrogens is 254 g/mol. The van der Waals surface area contributed by atoms with Gasteiger partial charge in [0.1, 0.15) is 0 Å². The first-order valence-corrected chi connectivity index (χ1v) is 7.15. The van der Waals surface area contributed by atoms with Crippen molar-refractivity contribution in [1.29, 1.82) is 0 Å². The molecule has 0 aliphatic heterocycles. The van der Waals surface area contributed by atoms with Crippen LogP contribution in [0.25, 0.3) is 0 Å². The van der Waals surface area contributed by atoms with Gasteiger partial charge >= 0.3 is 0 Å². The highest BCUT2D eigenvalue weighted by molar-refractivity contribution is 5.25. The average molecular weight is 281 g/mol.